The minimum absolute atomic E-state index is 0.0145. The Morgan fingerprint density at radius 3 is 2.59 bits per heavy atom. The molecule has 4 rings (SSSR count). The lowest BCUT2D eigenvalue weighted by Crippen LogP contribution is -2.45. The fraction of sp³-hybridized carbons (Fsp3) is 0.409. The van der Waals surface area contributed by atoms with Crippen molar-refractivity contribution in [1.29, 1.82) is 0 Å². The maximum absolute atomic E-state index is 14.0. The number of para-hydroxylation sites is 2. The summed E-state index contributed by atoms with van der Waals surface area (Å²) in [6.45, 7) is 1.75. The SMILES string of the molecule is CN=C(NC1CCN(c2ccccc2OC)C1)NC1CC1c1c(F)cccc1F. The summed E-state index contributed by atoms with van der Waals surface area (Å²) in [7, 11) is 3.39. The standard InChI is InChI=1S/C22H26F2N4O/c1-25-22(27-18-12-15(18)21-16(23)6-5-7-17(21)24)26-14-10-11-28(13-14)19-8-3-4-9-20(19)29-2/h3-9,14-15,18H,10-13H2,1-2H3,(H2,25,26,27). The van der Waals surface area contributed by atoms with Gasteiger partial charge in [0.15, 0.2) is 5.96 Å². The van der Waals surface area contributed by atoms with Crippen molar-refractivity contribution in [3.63, 3.8) is 0 Å². The van der Waals surface area contributed by atoms with Crippen molar-refractivity contribution in [3.8, 4) is 5.75 Å². The Kier molecular flexibility index (Phi) is 5.56. The highest BCUT2D eigenvalue weighted by molar-refractivity contribution is 5.81. The Morgan fingerprint density at radius 1 is 1.10 bits per heavy atom. The summed E-state index contributed by atoms with van der Waals surface area (Å²) in [5.74, 6) is 0.406. The van der Waals surface area contributed by atoms with E-state index in [4.69, 9.17) is 4.74 Å². The van der Waals surface area contributed by atoms with Crippen LogP contribution in [0.5, 0.6) is 5.75 Å². The molecule has 154 valence electrons. The third-order valence-electron chi connectivity index (χ3n) is 5.66. The van der Waals surface area contributed by atoms with Crippen molar-refractivity contribution in [2.75, 3.05) is 32.1 Å². The van der Waals surface area contributed by atoms with E-state index in [0.717, 1.165) is 30.9 Å². The van der Waals surface area contributed by atoms with E-state index in [2.05, 4.69) is 26.6 Å². The number of halogens is 2. The number of methoxy groups -OCH3 is 1. The van der Waals surface area contributed by atoms with Crippen molar-refractivity contribution < 1.29 is 13.5 Å². The first-order chi connectivity index (χ1) is 14.1. The minimum atomic E-state index is -0.481. The Bertz CT molecular complexity index is 884. The number of hydrogen-bond acceptors (Lipinski definition) is 3. The van der Waals surface area contributed by atoms with Crippen LogP contribution < -0.4 is 20.3 Å². The van der Waals surface area contributed by atoms with Gasteiger partial charge in [-0.1, -0.05) is 18.2 Å². The molecule has 29 heavy (non-hydrogen) atoms. The molecule has 3 atom stereocenters. The van der Waals surface area contributed by atoms with E-state index >= 15 is 0 Å². The van der Waals surface area contributed by atoms with Crippen LogP contribution in [0.15, 0.2) is 47.5 Å². The first kappa shape index (κ1) is 19.5. The number of guanidine groups is 1. The fourth-order valence-corrected chi connectivity index (χ4v) is 4.07. The molecule has 7 heteroatoms. The summed E-state index contributed by atoms with van der Waals surface area (Å²) in [6, 6.07) is 12.2. The van der Waals surface area contributed by atoms with Gasteiger partial charge in [0, 0.05) is 43.7 Å². The maximum Gasteiger partial charge on any atom is 0.191 e. The van der Waals surface area contributed by atoms with Gasteiger partial charge >= 0.3 is 0 Å². The molecule has 0 bridgehead atoms. The maximum atomic E-state index is 14.0. The first-order valence-electron chi connectivity index (χ1n) is 9.92. The molecule has 0 radical (unpaired) electrons. The number of hydrogen-bond donors (Lipinski definition) is 2. The lowest BCUT2D eigenvalue weighted by molar-refractivity contribution is 0.415. The van der Waals surface area contributed by atoms with E-state index in [1.807, 2.05) is 18.2 Å². The highest BCUT2D eigenvalue weighted by Crippen LogP contribution is 2.43. The Balaban J connectivity index is 1.34. The highest BCUT2D eigenvalue weighted by Gasteiger charge is 2.42. The third kappa shape index (κ3) is 4.13. The molecule has 3 unspecified atom stereocenters. The first-order valence-corrected chi connectivity index (χ1v) is 9.92. The predicted octanol–water partition coefficient (Wildman–Crippen LogP) is 3.27. The number of ether oxygens (including phenoxy) is 1. The summed E-state index contributed by atoms with van der Waals surface area (Å²) >= 11 is 0. The van der Waals surface area contributed by atoms with Crippen LogP contribution in [-0.2, 0) is 0 Å². The van der Waals surface area contributed by atoms with Gasteiger partial charge in [-0.25, -0.2) is 8.78 Å². The summed E-state index contributed by atoms with van der Waals surface area (Å²) in [5.41, 5.74) is 1.25. The zero-order valence-corrected chi connectivity index (χ0v) is 16.7. The van der Waals surface area contributed by atoms with E-state index < -0.39 is 11.6 Å². The minimum Gasteiger partial charge on any atom is -0.495 e. The van der Waals surface area contributed by atoms with Gasteiger partial charge in [0.1, 0.15) is 17.4 Å². The van der Waals surface area contributed by atoms with Gasteiger partial charge in [-0.3, -0.25) is 4.99 Å². The number of benzene rings is 2. The number of nitrogens with zero attached hydrogens (tertiary/aromatic N) is 2. The number of rotatable bonds is 5. The van der Waals surface area contributed by atoms with Gasteiger partial charge in [0.05, 0.1) is 12.8 Å². The molecule has 0 spiro atoms. The van der Waals surface area contributed by atoms with Gasteiger partial charge in [0.2, 0.25) is 0 Å². The molecule has 1 aliphatic heterocycles. The summed E-state index contributed by atoms with van der Waals surface area (Å²) in [5, 5.41) is 6.75. The number of nitrogens with one attached hydrogen (secondary N) is 2. The molecule has 1 saturated carbocycles. The molecule has 2 aliphatic rings. The molecule has 1 aliphatic carbocycles. The molecule has 0 aromatic heterocycles. The van der Waals surface area contributed by atoms with Gasteiger partial charge in [-0.05, 0) is 37.1 Å². The predicted molar refractivity (Wildman–Crippen MR) is 111 cm³/mol. The van der Waals surface area contributed by atoms with Crippen LogP contribution in [-0.4, -0.2) is 45.3 Å². The normalized spacial score (nSPS) is 23.8. The monoisotopic (exact) mass is 400 g/mol. The van der Waals surface area contributed by atoms with Crippen LogP contribution in [0, 0.1) is 11.6 Å². The third-order valence-corrected chi connectivity index (χ3v) is 5.66. The largest absolute Gasteiger partial charge is 0.495 e. The van der Waals surface area contributed by atoms with Crippen LogP contribution in [0.3, 0.4) is 0 Å². The molecule has 2 fully saturated rings. The summed E-state index contributed by atoms with van der Waals surface area (Å²) < 4.78 is 33.5. The van der Waals surface area contributed by atoms with E-state index in [1.165, 1.54) is 18.2 Å². The average Bonchev–Trinajstić information content (AvgIpc) is 3.31. The molecule has 5 nitrogen and oxygen atoms in total. The second-order valence-electron chi connectivity index (χ2n) is 7.55. The van der Waals surface area contributed by atoms with E-state index in [1.54, 1.807) is 14.2 Å². The Labute approximate surface area is 169 Å². The zero-order chi connectivity index (χ0) is 20.4. The van der Waals surface area contributed by atoms with Crippen LogP contribution in [0.25, 0.3) is 0 Å². The second-order valence-corrected chi connectivity index (χ2v) is 7.55. The zero-order valence-electron chi connectivity index (χ0n) is 16.7. The van der Waals surface area contributed by atoms with Gasteiger partial charge in [0.25, 0.3) is 0 Å². The number of aliphatic imine (C=N–C) groups is 1. The molecule has 2 aromatic rings. The molecular weight excluding hydrogens is 374 g/mol. The Morgan fingerprint density at radius 2 is 1.86 bits per heavy atom. The van der Waals surface area contributed by atoms with E-state index in [0.29, 0.717) is 12.4 Å². The molecule has 0 amide bonds. The molecule has 1 heterocycles. The highest BCUT2D eigenvalue weighted by atomic mass is 19.1. The van der Waals surface area contributed by atoms with E-state index in [-0.39, 0.29) is 23.6 Å². The van der Waals surface area contributed by atoms with Gasteiger partial charge in [-0.15, -0.1) is 0 Å². The van der Waals surface area contributed by atoms with Crippen LogP contribution in [0.2, 0.25) is 0 Å². The fourth-order valence-electron chi connectivity index (χ4n) is 4.07. The van der Waals surface area contributed by atoms with Crippen LogP contribution >= 0.6 is 0 Å². The smallest absolute Gasteiger partial charge is 0.191 e. The van der Waals surface area contributed by atoms with E-state index in [9.17, 15) is 8.78 Å². The molecule has 2 aromatic carbocycles. The van der Waals surface area contributed by atoms with Crippen LogP contribution in [0.1, 0.15) is 24.3 Å². The second kappa shape index (κ2) is 8.27. The van der Waals surface area contributed by atoms with Gasteiger partial charge in [-0.2, -0.15) is 0 Å². The van der Waals surface area contributed by atoms with Crippen molar-refractivity contribution in [2.45, 2.75) is 30.8 Å². The Hall–Kier alpha value is -2.83. The van der Waals surface area contributed by atoms with Crippen molar-refractivity contribution in [3.05, 3.63) is 59.7 Å². The molecular formula is C22H26F2N4O. The van der Waals surface area contributed by atoms with Crippen molar-refractivity contribution in [1.82, 2.24) is 10.6 Å². The quantitative estimate of drug-likeness (QED) is 0.598. The lowest BCUT2D eigenvalue weighted by atomic mass is 10.1. The number of anilines is 1. The van der Waals surface area contributed by atoms with Crippen molar-refractivity contribution in [2.24, 2.45) is 4.99 Å². The average molecular weight is 400 g/mol. The lowest BCUT2D eigenvalue weighted by Gasteiger charge is -2.22. The van der Waals surface area contributed by atoms with Crippen LogP contribution in [0.4, 0.5) is 14.5 Å². The van der Waals surface area contributed by atoms with Gasteiger partial charge < -0.3 is 20.3 Å². The summed E-state index contributed by atoms with van der Waals surface area (Å²) in [4.78, 5) is 6.59. The molecule has 2 N–H and O–H groups in total. The molecule has 1 saturated heterocycles. The van der Waals surface area contributed by atoms with Crippen molar-refractivity contribution >= 4 is 11.6 Å². The topological polar surface area (TPSA) is 48.9 Å². The summed E-state index contributed by atoms with van der Waals surface area (Å²) in [6.07, 6.45) is 1.66.